The van der Waals surface area contributed by atoms with Crippen LogP contribution in [0.4, 0.5) is 26.7 Å². The Labute approximate surface area is 869 Å². The number of hydrogen-bond donors (Lipinski definition) is 9. The monoisotopic (exact) mass is 2330 g/mol. The molecular formula is C89H140Ac2B4N8O32. The molecule has 6 heterocycles. The first kappa shape index (κ1) is 130. The van der Waals surface area contributed by atoms with Gasteiger partial charge in [0, 0.05) is 227 Å². The quantitative estimate of drug-likeness (QED) is 0.00373. The summed E-state index contributed by atoms with van der Waals surface area (Å²) in [6.07, 6.45) is 13.1. The number of phenols is 1. The van der Waals surface area contributed by atoms with Crippen LogP contribution in [0.5, 0.6) is 11.5 Å². The second-order valence-electron chi connectivity index (χ2n) is 32.3. The second-order valence-corrected chi connectivity index (χ2v) is 32.3. The van der Waals surface area contributed by atoms with Gasteiger partial charge in [-0.1, -0.05) is 81.1 Å². The summed E-state index contributed by atoms with van der Waals surface area (Å²) in [7, 11) is 26.4. The molecule has 10 radical (unpaired) electrons. The molecule has 40 nitrogen and oxygen atoms in total. The number of benzene rings is 2. The molecule has 14 unspecified atom stereocenters. The van der Waals surface area contributed by atoms with Crippen molar-refractivity contribution in [1.82, 2.24) is 20.9 Å². The summed E-state index contributed by atoms with van der Waals surface area (Å²) < 4.78 is 66.8. The van der Waals surface area contributed by atoms with E-state index in [9.17, 15) is 78.4 Å². The Kier molecular flexibility index (Phi) is 76.2. The number of carboxylic acid groups (broad SMARTS) is 1. The molecule has 0 aliphatic carbocycles. The van der Waals surface area contributed by atoms with Gasteiger partial charge in [-0.2, -0.15) is 0 Å². The molecule has 0 bridgehead atoms. The number of unbranched alkanes of at least 4 members (excludes halogenated alkanes) is 6. The summed E-state index contributed by atoms with van der Waals surface area (Å²) in [6.45, 7) is 19.9. The molecule has 135 heavy (non-hydrogen) atoms. The van der Waals surface area contributed by atoms with Crippen LogP contribution in [0.25, 0.3) is 0 Å². The molecule has 5 aliphatic rings. The van der Waals surface area contributed by atoms with E-state index in [1.165, 1.54) is 54.2 Å². The van der Waals surface area contributed by atoms with Crippen molar-refractivity contribution in [3.63, 3.8) is 0 Å². The number of carbonyl (C=O) groups is 10. The summed E-state index contributed by atoms with van der Waals surface area (Å²) in [6, 6.07) is 12.6. The fourth-order valence-corrected chi connectivity index (χ4v) is 12.1. The number of esters is 6. The number of aliphatic hydroxyl groups excluding tert-OH is 3. The topological polar surface area (TPSA) is 556 Å². The van der Waals surface area contributed by atoms with Crippen molar-refractivity contribution in [2.45, 2.75) is 307 Å². The third-order valence-corrected chi connectivity index (χ3v) is 19.5. The molecule has 746 valence electrons. The average Bonchev–Trinajstić information content (AvgIpc) is 1.72. The normalized spacial score (nSPS) is 20.1. The van der Waals surface area contributed by atoms with E-state index in [4.69, 9.17) is 109 Å². The number of alkyl carbamates (subject to hydrolysis) is 2. The Hall–Kier alpha value is -6.77. The number of anilines is 1. The SMILES string of the molecule is CC(C)CCOCC(O)COC(=O)NCCCCCCN.CN(C)c1ccncc1.O=C1CCC(=O)O1.O=[N+]([O-])c1ccc(O)cc1.[Ac].[Ac].[B]C1CC(O)C(CC)O1.[B]C1CC(OC(=O)CCC(=O)NCCCCCCNC(=O)OCC(O)COCCC(C)C)C(CC)O1.[B]C1CC(OC(=O)CCC(=O)O)C(CC)O1.[B]C1CC(OC(=O)CCC(=O)Oc2ccc([N+](=O)[O-])cc2)C(CC)O1. The van der Waals surface area contributed by atoms with Crippen molar-refractivity contribution >= 4 is 108 Å². The molecule has 8 rings (SSSR count). The third-order valence-electron chi connectivity index (χ3n) is 19.5. The van der Waals surface area contributed by atoms with Crippen LogP contribution in [0.15, 0.2) is 73.1 Å². The Morgan fingerprint density at radius 1 is 0.519 bits per heavy atom. The standard InChI is InChI=1S/C25H45BN2O8.C16H18BNO7.C15H32N2O4.C10H15BO5.C7H10N2.C6H11BO2.C6H5NO3.C4H4O3.2Ac/c1-4-20-21(15-22(26)35-20)36-24(31)10-9-23(30)27-12-7-5-6-8-13-28-25(32)34-17-19(29)16-33-14-11-18(2)3;1-2-12-13(9-14(17)24-12)25-16(20)8-7-15(19)23-11-5-3-10(4-6-11)18(21)22;1-13(2)7-10-20-11-14(18)12-21-15(19)17-9-6-4-3-5-8-16;1-2-6-7(5-8(11)15-6)16-10(14)4-3-9(12)13;1-9(2)7-3-5-8-6-4-7;1-2-5-4(8)3-6(7)9-5;8-6-3-1-5(2-4-6)7(9)10;5-3-1-2-4(6)7-3;;/h18-22,29H,4-17H2,1-3H3,(H,27,30)(H,28,32);3-6,12-14H,2,7-9H2,1H3;13-14,18H,3-12,16H2,1-2H3,(H,17,19);6-8H,2-5H2,1H3,(H,12,13);3-6H,1-2H3;4-6,8H,2-3H2,1H3;1-4,8H;1-2H2;;. The van der Waals surface area contributed by atoms with Crippen molar-refractivity contribution in [3.05, 3.63) is 93.3 Å². The van der Waals surface area contributed by atoms with Crippen LogP contribution >= 0.6 is 0 Å². The number of hydrogen-bond acceptors (Lipinski definition) is 34. The van der Waals surface area contributed by atoms with Crippen molar-refractivity contribution in [1.29, 1.82) is 0 Å². The van der Waals surface area contributed by atoms with Gasteiger partial charge < -0.3 is 114 Å². The van der Waals surface area contributed by atoms with Gasteiger partial charge in [0.15, 0.2) is 0 Å². The van der Waals surface area contributed by atoms with Crippen LogP contribution in [0.3, 0.4) is 0 Å². The molecule has 0 spiro atoms. The maximum absolute atomic E-state index is 12.0. The van der Waals surface area contributed by atoms with Crippen molar-refractivity contribution in [3.8, 4) is 11.5 Å². The number of carboxylic acids is 1. The number of non-ortho nitro benzene ring substituents is 2. The van der Waals surface area contributed by atoms with Gasteiger partial charge in [0.1, 0.15) is 86.6 Å². The number of aromatic nitrogens is 1. The van der Waals surface area contributed by atoms with E-state index in [0.717, 1.165) is 70.6 Å². The number of carbonyl (C=O) groups excluding carboxylic acids is 9. The number of aromatic hydroxyl groups is 1. The summed E-state index contributed by atoms with van der Waals surface area (Å²) in [5.41, 5.74) is 6.46. The van der Waals surface area contributed by atoms with E-state index in [1.54, 1.807) is 12.4 Å². The average molecular weight is 2330 g/mol. The minimum absolute atomic E-state index is 0. The number of amides is 3. The number of nitro groups is 2. The van der Waals surface area contributed by atoms with E-state index in [1.807, 2.05) is 58.8 Å². The van der Waals surface area contributed by atoms with Gasteiger partial charge in [-0.3, -0.25) is 63.6 Å². The number of aliphatic carboxylic acids is 1. The van der Waals surface area contributed by atoms with Crippen LogP contribution in [0.2, 0.25) is 0 Å². The molecule has 2 aromatic carbocycles. The van der Waals surface area contributed by atoms with Crippen LogP contribution in [-0.4, -0.2) is 297 Å². The smallest absolute Gasteiger partial charge is 0.407 e. The zero-order valence-electron chi connectivity index (χ0n) is 79.7. The maximum atomic E-state index is 12.0. The third kappa shape index (κ3) is 67.3. The minimum Gasteiger partial charge on any atom is -0.508 e. The summed E-state index contributed by atoms with van der Waals surface area (Å²) >= 11 is 0. The number of nitro benzene ring substituents is 2. The molecule has 5 saturated heterocycles. The zero-order chi connectivity index (χ0) is 99.6. The van der Waals surface area contributed by atoms with Crippen LogP contribution in [-0.2, 0) is 95.2 Å². The van der Waals surface area contributed by atoms with Gasteiger partial charge in [-0.25, -0.2) is 9.59 Å². The van der Waals surface area contributed by atoms with Crippen molar-refractivity contribution in [2.75, 3.05) is 84.8 Å². The van der Waals surface area contributed by atoms with Crippen LogP contribution in [0.1, 0.15) is 222 Å². The molecule has 10 N–H and O–H groups in total. The first-order valence-corrected chi connectivity index (χ1v) is 45.3. The molecule has 14 atom stereocenters. The number of cyclic esters (lactones) is 2. The Morgan fingerprint density at radius 3 is 1.21 bits per heavy atom. The molecule has 3 amide bonds. The molecule has 5 aliphatic heterocycles. The molecule has 0 saturated carbocycles. The van der Waals surface area contributed by atoms with Crippen LogP contribution in [0, 0.1) is 120 Å². The van der Waals surface area contributed by atoms with Crippen LogP contribution < -0.4 is 31.3 Å². The second kappa shape index (κ2) is 79.0. The number of ether oxygens (including phenoxy) is 13. The Bertz CT molecular complexity index is 3770. The van der Waals surface area contributed by atoms with Gasteiger partial charge in [0.2, 0.25) is 5.91 Å². The molecule has 3 aromatic rings. The number of nitrogens with two attached hydrogens (primary N) is 1. The number of pyridine rings is 1. The zero-order valence-corrected chi connectivity index (χ0v) is 89.2. The summed E-state index contributed by atoms with van der Waals surface area (Å²) in [4.78, 5) is 138. The number of nitrogens with zero attached hydrogens (tertiary/aromatic N) is 4. The van der Waals surface area contributed by atoms with E-state index in [0.29, 0.717) is 96.2 Å². The van der Waals surface area contributed by atoms with Gasteiger partial charge in [0.25, 0.3) is 11.4 Å². The molecule has 1 aromatic heterocycles. The van der Waals surface area contributed by atoms with Gasteiger partial charge in [0.05, 0.1) is 98.5 Å². The largest absolute Gasteiger partial charge is 0.508 e. The Morgan fingerprint density at radius 2 is 0.881 bits per heavy atom. The molecule has 5 fully saturated rings. The predicted molar refractivity (Wildman–Crippen MR) is 491 cm³/mol. The van der Waals surface area contributed by atoms with E-state index < -0.39 is 100 Å². The molecular weight excluding hydrogens is 2190 g/mol. The van der Waals surface area contributed by atoms with E-state index in [-0.39, 0.29) is 243 Å². The minimum atomic E-state index is -1.01. The number of phenolic OH excluding ortho intramolecular Hbond substituents is 1. The van der Waals surface area contributed by atoms with Crippen molar-refractivity contribution in [2.24, 2.45) is 17.6 Å². The van der Waals surface area contributed by atoms with Gasteiger partial charge in [-0.05, 0) is 125 Å². The van der Waals surface area contributed by atoms with Gasteiger partial charge >= 0.3 is 54.0 Å². The fourth-order valence-electron chi connectivity index (χ4n) is 12.1. The number of aliphatic hydroxyl groups is 3. The Balaban J connectivity index is 0. The first-order chi connectivity index (χ1) is 63.2. The fraction of sp³-hybridized carbons (Fsp3) is 0.697. The predicted octanol–water partition coefficient (Wildman–Crippen LogP) is 8.53. The van der Waals surface area contributed by atoms with Crippen molar-refractivity contribution < 1.29 is 233 Å². The van der Waals surface area contributed by atoms with E-state index in [2.05, 4.69) is 53.4 Å². The molecule has 46 heteroatoms. The number of nitrogens with one attached hydrogen (secondary N) is 3. The summed E-state index contributed by atoms with van der Waals surface area (Å²) in [5.74, 6) is -2.75. The number of rotatable bonds is 47. The maximum Gasteiger partial charge on any atom is 0.407 e. The van der Waals surface area contributed by atoms with Gasteiger partial charge in [-0.15, -0.1) is 0 Å². The summed E-state index contributed by atoms with van der Waals surface area (Å²) in [5, 5.41) is 74.3. The first-order valence-electron chi connectivity index (χ1n) is 45.3. The van der Waals surface area contributed by atoms with E-state index >= 15 is 0 Å².